The summed E-state index contributed by atoms with van der Waals surface area (Å²) in [4.78, 5) is 17.2. The second-order valence-corrected chi connectivity index (χ2v) is 6.57. The second kappa shape index (κ2) is 8.63. The van der Waals surface area contributed by atoms with E-state index < -0.39 is 0 Å². The van der Waals surface area contributed by atoms with Crippen LogP contribution in [-0.2, 0) is 4.74 Å². The van der Waals surface area contributed by atoms with Gasteiger partial charge in [0, 0.05) is 17.9 Å². The third-order valence-electron chi connectivity index (χ3n) is 4.51. The average molecular weight is 351 g/mol. The topological polar surface area (TPSA) is 62.7 Å². The smallest absolute Gasteiger partial charge is 0.257 e. The summed E-state index contributed by atoms with van der Waals surface area (Å²) in [5.41, 5.74) is 3.74. The summed E-state index contributed by atoms with van der Waals surface area (Å²) < 4.78 is 5.62. The minimum Gasteiger partial charge on any atom is -0.376 e. The normalized spacial score (nSPS) is 17.2. The molecule has 1 aliphatic rings. The first-order valence-corrected chi connectivity index (χ1v) is 8.98. The van der Waals surface area contributed by atoms with Crippen LogP contribution in [0.3, 0.4) is 0 Å². The first-order chi connectivity index (χ1) is 12.6. The number of amides is 1. The van der Waals surface area contributed by atoms with Crippen molar-refractivity contribution in [2.24, 2.45) is 4.99 Å². The number of para-hydroxylation sites is 1. The van der Waals surface area contributed by atoms with Gasteiger partial charge in [-0.1, -0.05) is 24.3 Å². The molecular formula is C21H25N3O2. The molecule has 2 aromatic rings. The molecule has 0 aromatic heterocycles. The Morgan fingerprint density at radius 1 is 1.15 bits per heavy atom. The minimum atomic E-state index is -0.178. The Morgan fingerprint density at radius 2 is 1.96 bits per heavy atom. The van der Waals surface area contributed by atoms with Gasteiger partial charge in [-0.3, -0.25) is 10.1 Å². The van der Waals surface area contributed by atoms with Crippen LogP contribution in [0.15, 0.2) is 53.5 Å². The molecule has 26 heavy (non-hydrogen) atoms. The largest absolute Gasteiger partial charge is 0.376 e. The molecule has 136 valence electrons. The van der Waals surface area contributed by atoms with E-state index in [0.29, 0.717) is 18.1 Å². The van der Waals surface area contributed by atoms with E-state index >= 15 is 0 Å². The zero-order chi connectivity index (χ0) is 18.4. The van der Waals surface area contributed by atoms with Gasteiger partial charge in [-0.05, 0) is 62.1 Å². The molecule has 1 heterocycles. The molecule has 2 aromatic carbocycles. The first-order valence-electron chi connectivity index (χ1n) is 8.98. The van der Waals surface area contributed by atoms with Crippen molar-refractivity contribution >= 4 is 17.6 Å². The highest BCUT2D eigenvalue weighted by atomic mass is 16.5. The van der Waals surface area contributed by atoms with Crippen LogP contribution in [0.25, 0.3) is 0 Å². The van der Waals surface area contributed by atoms with Gasteiger partial charge in [-0.25, -0.2) is 4.99 Å². The molecule has 5 nitrogen and oxygen atoms in total. The monoisotopic (exact) mass is 351 g/mol. The summed E-state index contributed by atoms with van der Waals surface area (Å²) in [7, 11) is 0. The standard InChI is InChI=1S/C21H25N3O2/c1-15-10-11-17(13-16(15)2)20(25)24-21(22-14-19-9-6-12-26-19)23-18-7-4-3-5-8-18/h3-5,7-8,10-11,13,19H,6,9,12,14H2,1-2H3,(H2,22,23,24,25). The number of hydrogen-bond acceptors (Lipinski definition) is 3. The number of ether oxygens (including phenoxy) is 1. The maximum atomic E-state index is 12.6. The maximum Gasteiger partial charge on any atom is 0.257 e. The number of rotatable bonds is 4. The van der Waals surface area contributed by atoms with Crippen molar-refractivity contribution in [1.29, 1.82) is 0 Å². The molecule has 0 spiro atoms. The zero-order valence-electron chi connectivity index (χ0n) is 15.3. The fourth-order valence-corrected chi connectivity index (χ4v) is 2.81. The highest BCUT2D eigenvalue weighted by Crippen LogP contribution is 2.13. The summed E-state index contributed by atoms with van der Waals surface area (Å²) in [6.07, 6.45) is 2.20. The molecule has 1 fully saturated rings. The lowest BCUT2D eigenvalue weighted by molar-refractivity contribution is 0.0975. The molecule has 1 aliphatic heterocycles. The van der Waals surface area contributed by atoms with Gasteiger partial charge in [0.1, 0.15) is 0 Å². The number of anilines is 1. The highest BCUT2D eigenvalue weighted by molar-refractivity contribution is 6.10. The van der Waals surface area contributed by atoms with Crippen molar-refractivity contribution in [3.05, 3.63) is 65.2 Å². The van der Waals surface area contributed by atoms with Crippen molar-refractivity contribution in [1.82, 2.24) is 5.32 Å². The van der Waals surface area contributed by atoms with E-state index in [-0.39, 0.29) is 12.0 Å². The Kier molecular flexibility index (Phi) is 6.02. The van der Waals surface area contributed by atoms with E-state index in [2.05, 4.69) is 15.6 Å². The van der Waals surface area contributed by atoms with Crippen LogP contribution < -0.4 is 10.6 Å². The number of carbonyl (C=O) groups is 1. The molecule has 1 unspecified atom stereocenters. The van der Waals surface area contributed by atoms with E-state index in [1.54, 1.807) is 0 Å². The van der Waals surface area contributed by atoms with Crippen LogP contribution in [0.5, 0.6) is 0 Å². The average Bonchev–Trinajstić information content (AvgIpc) is 3.16. The summed E-state index contributed by atoms with van der Waals surface area (Å²) in [5, 5.41) is 6.09. The number of nitrogens with zero attached hydrogens (tertiary/aromatic N) is 1. The summed E-state index contributed by atoms with van der Waals surface area (Å²) in [6, 6.07) is 15.4. The highest BCUT2D eigenvalue weighted by Gasteiger charge is 2.16. The van der Waals surface area contributed by atoms with E-state index in [9.17, 15) is 4.79 Å². The van der Waals surface area contributed by atoms with Gasteiger partial charge < -0.3 is 10.1 Å². The molecular weight excluding hydrogens is 326 g/mol. The van der Waals surface area contributed by atoms with Gasteiger partial charge in [0.25, 0.3) is 5.91 Å². The van der Waals surface area contributed by atoms with Crippen LogP contribution in [-0.4, -0.2) is 31.1 Å². The number of benzene rings is 2. The van der Waals surface area contributed by atoms with Gasteiger partial charge in [-0.15, -0.1) is 0 Å². The molecule has 0 radical (unpaired) electrons. The first kappa shape index (κ1) is 18.1. The van der Waals surface area contributed by atoms with Gasteiger partial charge in [0.15, 0.2) is 0 Å². The summed E-state index contributed by atoms with van der Waals surface area (Å²) >= 11 is 0. The van der Waals surface area contributed by atoms with E-state index in [4.69, 9.17) is 4.74 Å². The van der Waals surface area contributed by atoms with E-state index in [1.807, 2.05) is 62.4 Å². The fourth-order valence-electron chi connectivity index (χ4n) is 2.81. The van der Waals surface area contributed by atoms with Gasteiger partial charge >= 0.3 is 0 Å². The predicted molar refractivity (Wildman–Crippen MR) is 105 cm³/mol. The van der Waals surface area contributed by atoms with Crippen LogP contribution >= 0.6 is 0 Å². The van der Waals surface area contributed by atoms with Crippen LogP contribution in [0.2, 0.25) is 0 Å². The number of nitrogens with one attached hydrogen (secondary N) is 2. The number of aryl methyl sites for hydroxylation is 2. The molecule has 5 heteroatoms. The number of guanidine groups is 1. The van der Waals surface area contributed by atoms with Crippen LogP contribution in [0, 0.1) is 13.8 Å². The third-order valence-corrected chi connectivity index (χ3v) is 4.51. The Morgan fingerprint density at radius 3 is 2.65 bits per heavy atom. The van der Waals surface area contributed by atoms with Crippen molar-refractivity contribution < 1.29 is 9.53 Å². The number of hydrogen-bond donors (Lipinski definition) is 2. The van der Waals surface area contributed by atoms with Gasteiger partial charge in [0.2, 0.25) is 5.96 Å². The lowest BCUT2D eigenvalue weighted by Crippen LogP contribution is -2.36. The van der Waals surface area contributed by atoms with Crippen LogP contribution in [0.4, 0.5) is 5.69 Å². The zero-order valence-corrected chi connectivity index (χ0v) is 15.3. The van der Waals surface area contributed by atoms with E-state index in [1.165, 1.54) is 0 Å². The Hall–Kier alpha value is -2.66. The molecule has 0 bridgehead atoms. The third kappa shape index (κ3) is 4.92. The Labute approximate surface area is 154 Å². The quantitative estimate of drug-likeness (QED) is 0.652. The van der Waals surface area contributed by atoms with Gasteiger partial charge in [0.05, 0.1) is 12.6 Å². The van der Waals surface area contributed by atoms with Gasteiger partial charge in [-0.2, -0.15) is 0 Å². The lowest BCUT2D eigenvalue weighted by atomic mass is 10.1. The molecule has 1 amide bonds. The maximum absolute atomic E-state index is 12.6. The summed E-state index contributed by atoms with van der Waals surface area (Å²) in [6.45, 7) is 5.35. The van der Waals surface area contributed by atoms with Crippen LogP contribution in [0.1, 0.15) is 34.3 Å². The number of carbonyl (C=O) groups excluding carboxylic acids is 1. The lowest BCUT2D eigenvalue weighted by Gasteiger charge is -2.14. The SMILES string of the molecule is Cc1ccc(C(=O)NC(=NCC2CCCO2)Nc2ccccc2)cc1C. The summed E-state index contributed by atoms with van der Waals surface area (Å²) in [5.74, 6) is 0.262. The molecule has 1 atom stereocenters. The fraction of sp³-hybridized carbons (Fsp3) is 0.333. The minimum absolute atomic E-state index is 0.126. The molecule has 2 N–H and O–H groups in total. The van der Waals surface area contributed by atoms with Crippen molar-refractivity contribution in [2.45, 2.75) is 32.8 Å². The van der Waals surface area contributed by atoms with Crippen molar-refractivity contribution in [2.75, 3.05) is 18.5 Å². The second-order valence-electron chi connectivity index (χ2n) is 6.57. The molecule has 0 saturated carbocycles. The Balaban J connectivity index is 1.74. The van der Waals surface area contributed by atoms with Crippen molar-refractivity contribution in [3.63, 3.8) is 0 Å². The molecule has 1 saturated heterocycles. The molecule has 3 rings (SSSR count). The molecule has 0 aliphatic carbocycles. The predicted octanol–water partition coefficient (Wildman–Crippen LogP) is 3.68. The van der Waals surface area contributed by atoms with E-state index in [0.717, 1.165) is 36.3 Å². The van der Waals surface area contributed by atoms with Crippen molar-refractivity contribution in [3.8, 4) is 0 Å². The number of aliphatic imine (C=N–C) groups is 1. The Bertz CT molecular complexity index is 781.